The molecule has 1 saturated heterocycles. The molecule has 8 heteroatoms. The van der Waals surface area contributed by atoms with Gasteiger partial charge in [0.2, 0.25) is 5.91 Å². The second-order valence-corrected chi connectivity index (χ2v) is 7.49. The number of nitrogens with zero attached hydrogens (tertiary/aromatic N) is 2. The molecule has 2 aliphatic rings. The van der Waals surface area contributed by atoms with E-state index >= 15 is 0 Å². The summed E-state index contributed by atoms with van der Waals surface area (Å²) in [6.07, 6.45) is 5.07. The van der Waals surface area contributed by atoms with Crippen molar-refractivity contribution in [3.05, 3.63) is 0 Å². The minimum atomic E-state index is -3.63. The number of amides is 1. The van der Waals surface area contributed by atoms with Crippen LogP contribution >= 0.6 is 0 Å². The number of rotatable bonds is 4. The van der Waals surface area contributed by atoms with Gasteiger partial charge in [-0.05, 0) is 12.8 Å². The molecule has 1 aliphatic carbocycles. The van der Waals surface area contributed by atoms with Crippen molar-refractivity contribution in [3.8, 4) is 0 Å². The smallest absolute Gasteiger partial charge is 0.282 e. The number of hydrogen-bond acceptors (Lipinski definition) is 4. The van der Waals surface area contributed by atoms with Crippen molar-refractivity contribution < 1.29 is 13.2 Å². The highest BCUT2D eigenvalue weighted by Crippen LogP contribution is 2.25. The molecule has 20 heavy (non-hydrogen) atoms. The number of primary amides is 1. The maximum absolute atomic E-state index is 12.7. The van der Waals surface area contributed by atoms with Crippen molar-refractivity contribution in [2.45, 2.75) is 44.2 Å². The number of piperazine rings is 1. The molecule has 0 aromatic rings. The Hall–Kier alpha value is -0.700. The molecular formula is C12H24N4O3S. The van der Waals surface area contributed by atoms with E-state index in [4.69, 9.17) is 5.73 Å². The lowest BCUT2D eigenvalue weighted by Crippen LogP contribution is -2.61. The zero-order valence-electron chi connectivity index (χ0n) is 11.9. The van der Waals surface area contributed by atoms with Crippen LogP contribution in [0.25, 0.3) is 0 Å². The van der Waals surface area contributed by atoms with E-state index < -0.39 is 22.2 Å². The van der Waals surface area contributed by atoms with Crippen LogP contribution in [-0.4, -0.2) is 61.7 Å². The van der Waals surface area contributed by atoms with Crippen LogP contribution in [0.3, 0.4) is 0 Å². The van der Waals surface area contributed by atoms with Gasteiger partial charge in [-0.2, -0.15) is 17.0 Å². The second kappa shape index (κ2) is 6.38. The molecule has 0 aromatic heterocycles. The summed E-state index contributed by atoms with van der Waals surface area (Å²) < 4.78 is 28.1. The van der Waals surface area contributed by atoms with Crippen molar-refractivity contribution in [2.75, 3.05) is 26.7 Å². The quantitative estimate of drug-likeness (QED) is 0.714. The molecule has 1 amide bonds. The SMILES string of the molecule is CN(C1CCCCC1)S(=O)(=O)N1CCNCC1C(N)=O. The Morgan fingerprint density at radius 3 is 2.55 bits per heavy atom. The monoisotopic (exact) mass is 304 g/mol. The van der Waals surface area contributed by atoms with Crippen LogP contribution in [0.5, 0.6) is 0 Å². The van der Waals surface area contributed by atoms with Crippen LogP contribution in [-0.2, 0) is 15.0 Å². The molecule has 2 rings (SSSR count). The maximum atomic E-state index is 12.7. The summed E-state index contributed by atoms with van der Waals surface area (Å²) in [6.45, 7) is 1.11. The first kappa shape index (κ1) is 15.7. The lowest BCUT2D eigenvalue weighted by molar-refractivity contribution is -0.122. The molecule has 1 atom stereocenters. The Kier molecular flexibility index (Phi) is 5.00. The Morgan fingerprint density at radius 2 is 1.95 bits per heavy atom. The van der Waals surface area contributed by atoms with E-state index in [1.807, 2.05) is 0 Å². The summed E-state index contributed by atoms with van der Waals surface area (Å²) in [5.41, 5.74) is 5.33. The number of nitrogens with two attached hydrogens (primary N) is 1. The Labute approximate surface area is 120 Å². The molecule has 116 valence electrons. The van der Waals surface area contributed by atoms with Crippen molar-refractivity contribution in [1.29, 1.82) is 0 Å². The van der Waals surface area contributed by atoms with Crippen LogP contribution in [0.4, 0.5) is 0 Å². The Bertz CT molecular complexity index is 448. The highest BCUT2D eigenvalue weighted by atomic mass is 32.2. The van der Waals surface area contributed by atoms with E-state index in [0.29, 0.717) is 6.54 Å². The molecule has 1 saturated carbocycles. The molecule has 0 spiro atoms. The van der Waals surface area contributed by atoms with E-state index in [2.05, 4.69) is 5.32 Å². The predicted octanol–water partition coefficient (Wildman–Crippen LogP) is -0.745. The van der Waals surface area contributed by atoms with Gasteiger partial charge in [0.15, 0.2) is 0 Å². The van der Waals surface area contributed by atoms with Crippen molar-refractivity contribution >= 4 is 16.1 Å². The third-order valence-corrected chi connectivity index (χ3v) is 6.33. The van der Waals surface area contributed by atoms with Crippen molar-refractivity contribution in [2.24, 2.45) is 5.73 Å². The van der Waals surface area contributed by atoms with Crippen LogP contribution in [0.2, 0.25) is 0 Å². The van der Waals surface area contributed by atoms with E-state index in [9.17, 15) is 13.2 Å². The topological polar surface area (TPSA) is 95.7 Å². The summed E-state index contributed by atoms with van der Waals surface area (Å²) in [5, 5.41) is 3.01. The number of carbonyl (C=O) groups is 1. The molecule has 7 nitrogen and oxygen atoms in total. The normalized spacial score (nSPS) is 26.8. The number of carbonyl (C=O) groups excluding carboxylic acids is 1. The van der Waals surface area contributed by atoms with E-state index in [1.54, 1.807) is 7.05 Å². The Morgan fingerprint density at radius 1 is 1.30 bits per heavy atom. The minimum absolute atomic E-state index is 0.0390. The first-order chi connectivity index (χ1) is 9.44. The van der Waals surface area contributed by atoms with Crippen LogP contribution < -0.4 is 11.1 Å². The summed E-state index contributed by atoms with van der Waals surface area (Å²) >= 11 is 0. The second-order valence-electron chi connectivity index (χ2n) is 5.55. The molecule has 0 bridgehead atoms. The highest BCUT2D eigenvalue weighted by molar-refractivity contribution is 7.86. The zero-order valence-corrected chi connectivity index (χ0v) is 12.7. The summed E-state index contributed by atoms with van der Waals surface area (Å²) in [6, 6.07) is -0.753. The zero-order chi connectivity index (χ0) is 14.8. The average molecular weight is 304 g/mol. The maximum Gasteiger partial charge on any atom is 0.282 e. The van der Waals surface area contributed by atoms with Gasteiger partial charge in [-0.15, -0.1) is 0 Å². The summed E-state index contributed by atoms with van der Waals surface area (Å²) in [5.74, 6) is -0.599. The summed E-state index contributed by atoms with van der Waals surface area (Å²) in [7, 11) is -2.01. The van der Waals surface area contributed by atoms with Crippen LogP contribution in [0.1, 0.15) is 32.1 Å². The predicted molar refractivity (Wildman–Crippen MR) is 76.1 cm³/mol. The first-order valence-corrected chi connectivity index (χ1v) is 8.59. The van der Waals surface area contributed by atoms with E-state index in [-0.39, 0.29) is 19.1 Å². The minimum Gasteiger partial charge on any atom is -0.368 e. The average Bonchev–Trinajstić information content (AvgIpc) is 2.47. The van der Waals surface area contributed by atoms with Crippen LogP contribution in [0, 0.1) is 0 Å². The van der Waals surface area contributed by atoms with Gasteiger partial charge < -0.3 is 11.1 Å². The number of hydrogen-bond donors (Lipinski definition) is 2. The third-order valence-electron chi connectivity index (χ3n) is 4.27. The molecule has 1 aliphatic heterocycles. The van der Waals surface area contributed by atoms with Gasteiger partial charge >= 0.3 is 0 Å². The van der Waals surface area contributed by atoms with Crippen molar-refractivity contribution in [3.63, 3.8) is 0 Å². The van der Waals surface area contributed by atoms with Gasteiger partial charge in [-0.1, -0.05) is 19.3 Å². The number of nitrogens with one attached hydrogen (secondary N) is 1. The van der Waals surface area contributed by atoms with Gasteiger partial charge in [-0.3, -0.25) is 4.79 Å². The molecule has 0 aromatic carbocycles. The molecule has 2 fully saturated rings. The fourth-order valence-corrected chi connectivity index (χ4v) is 4.74. The van der Waals surface area contributed by atoms with Gasteiger partial charge in [0, 0.05) is 32.7 Å². The fourth-order valence-electron chi connectivity index (χ4n) is 3.00. The molecule has 1 heterocycles. The highest BCUT2D eigenvalue weighted by Gasteiger charge is 2.40. The third kappa shape index (κ3) is 3.13. The largest absolute Gasteiger partial charge is 0.368 e. The standard InChI is InChI=1S/C12H24N4O3S/c1-15(10-5-3-2-4-6-10)20(18,19)16-8-7-14-9-11(16)12(13)17/h10-11,14H,2-9H2,1H3,(H2,13,17). The van der Waals surface area contributed by atoms with Crippen molar-refractivity contribution in [1.82, 2.24) is 13.9 Å². The van der Waals surface area contributed by atoms with Gasteiger partial charge in [-0.25, -0.2) is 0 Å². The molecular weight excluding hydrogens is 280 g/mol. The fraction of sp³-hybridized carbons (Fsp3) is 0.917. The molecule has 1 unspecified atom stereocenters. The van der Waals surface area contributed by atoms with Gasteiger partial charge in [0.05, 0.1) is 0 Å². The lowest BCUT2D eigenvalue weighted by Gasteiger charge is -2.39. The van der Waals surface area contributed by atoms with Crippen LogP contribution in [0.15, 0.2) is 0 Å². The Balaban J connectivity index is 2.16. The molecule has 0 radical (unpaired) electrons. The first-order valence-electron chi connectivity index (χ1n) is 7.19. The van der Waals surface area contributed by atoms with Gasteiger partial charge in [0.25, 0.3) is 10.2 Å². The van der Waals surface area contributed by atoms with Gasteiger partial charge in [0.1, 0.15) is 6.04 Å². The van der Waals surface area contributed by atoms with E-state index in [1.165, 1.54) is 15.0 Å². The molecule has 3 N–H and O–H groups in total. The van der Waals surface area contributed by atoms with E-state index in [0.717, 1.165) is 25.7 Å². The lowest BCUT2D eigenvalue weighted by atomic mass is 9.96. The summed E-state index contributed by atoms with van der Waals surface area (Å²) in [4.78, 5) is 11.5.